The molecule has 0 saturated carbocycles. The number of Topliss-reactive ketones (excluding diaryl/α,β-unsaturated/α-hetero) is 1. The average Bonchev–Trinajstić information content (AvgIpc) is 2.99. The first kappa shape index (κ1) is 16.3. The molecule has 0 amide bonds. The molecule has 1 aromatic heterocycles. The molecule has 1 saturated heterocycles. The van der Waals surface area contributed by atoms with E-state index in [-0.39, 0.29) is 22.3 Å². The zero-order valence-electron chi connectivity index (χ0n) is 12.3. The summed E-state index contributed by atoms with van der Waals surface area (Å²) in [5.74, 6) is -0.348. The van der Waals surface area contributed by atoms with Gasteiger partial charge >= 0.3 is 0 Å². The minimum Gasteiger partial charge on any atom is -0.295 e. The maximum absolute atomic E-state index is 12.9. The van der Waals surface area contributed by atoms with E-state index in [1.807, 2.05) is 15.7 Å². The summed E-state index contributed by atoms with van der Waals surface area (Å²) in [6, 6.07) is 6.69. The van der Waals surface area contributed by atoms with Gasteiger partial charge in [0, 0.05) is 24.0 Å². The molecule has 2 heterocycles. The summed E-state index contributed by atoms with van der Waals surface area (Å²) in [4.78, 5) is 14.1. The molecule has 3 rings (SSSR count). The molecule has 0 unspecified atom stereocenters. The highest BCUT2D eigenvalue weighted by Gasteiger charge is 2.32. The number of carbonyl (C=O) groups excluding carboxylic acids is 1. The Hall–Kier alpha value is -1.57. The molecule has 2 aromatic rings. The van der Waals surface area contributed by atoms with Crippen LogP contribution < -0.4 is 0 Å². The number of hydrogen-bond acceptors (Lipinski definition) is 5. The van der Waals surface area contributed by atoms with Crippen LogP contribution in [0.25, 0.3) is 0 Å². The van der Waals surface area contributed by atoms with E-state index in [1.165, 1.54) is 23.5 Å². The molecule has 0 aliphatic carbocycles. The standard InChI is InChI=1S/C16H16FNO3S2/c17-14-1-3-15(4-2-14)23(20,21)11-12-7-18(8-12)9-16(19)13-5-6-22-10-13/h1-6,10,12H,7-9,11H2. The van der Waals surface area contributed by atoms with Gasteiger partial charge in [-0.05, 0) is 41.6 Å². The zero-order valence-corrected chi connectivity index (χ0v) is 13.9. The van der Waals surface area contributed by atoms with Crippen molar-refractivity contribution in [3.05, 3.63) is 52.5 Å². The van der Waals surface area contributed by atoms with Gasteiger partial charge in [0.1, 0.15) is 5.82 Å². The average molecular weight is 353 g/mol. The highest BCUT2D eigenvalue weighted by Crippen LogP contribution is 2.22. The molecule has 1 aliphatic heterocycles. The predicted octanol–water partition coefficient (Wildman–Crippen LogP) is 2.48. The molecule has 1 aliphatic rings. The minimum atomic E-state index is -3.41. The van der Waals surface area contributed by atoms with Crippen LogP contribution in [-0.2, 0) is 9.84 Å². The van der Waals surface area contributed by atoms with E-state index in [9.17, 15) is 17.6 Å². The van der Waals surface area contributed by atoms with Crippen LogP contribution in [0.4, 0.5) is 4.39 Å². The van der Waals surface area contributed by atoms with Crippen molar-refractivity contribution in [2.45, 2.75) is 4.90 Å². The Morgan fingerprint density at radius 3 is 2.52 bits per heavy atom. The number of likely N-dealkylation sites (tertiary alicyclic amines) is 1. The van der Waals surface area contributed by atoms with Crippen LogP contribution in [0, 0.1) is 11.7 Å². The van der Waals surface area contributed by atoms with Crippen molar-refractivity contribution in [2.75, 3.05) is 25.4 Å². The van der Waals surface area contributed by atoms with E-state index in [1.54, 1.807) is 6.07 Å². The second-order valence-corrected chi connectivity index (χ2v) is 8.54. The van der Waals surface area contributed by atoms with Gasteiger partial charge in [-0.3, -0.25) is 9.69 Å². The van der Waals surface area contributed by atoms with Crippen LogP contribution >= 0.6 is 11.3 Å². The molecule has 23 heavy (non-hydrogen) atoms. The lowest BCUT2D eigenvalue weighted by Crippen LogP contribution is -2.51. The summed E-state index contributed by atoms with van der Waals surface area (Å²) in [6.07, 6.45) is 0. The highest BCUT2D eigenvalue weighted by atomic mass is 32.2. The summed E-state index contributed by atoms with van der Waals surface area (Å²) >= 11 is 1.48. The first-order valence-electron chi connectivity index (χ1n) is 7.20. The van der Waals surface area contributed by atoms with Gasteiger partial charge in [-0.1, -0.05) is 0 Å². The van der Waals surface area contributed by atoms with Crippen LogP contribution in [0.3, 0.4) is 0 Å². The van der Waals surface area contributed by atoms with E-state index >= 15 is 0 Å². The third kappa shape index (κ3) is 3.85. The largest absolute Gasteiger partial charge is 0.295 e. The monoisotopic (exact) mass is 353 g/mol. The van der Waals surface area contributed by atoms with E-state index < -0.39 is 15.7 Å². The van der Waals surface area contributed by atoms with Gasteiger partial charge in [0.05, 0.1) is 17.2 Å². The number of rotatable bonds is 6. The molecule has 122 valence electrons. The number of thiophene rings is 1. The highest BCUT2D eigenvalue weighted by molar-refractivity contribution is 7.91. The molecule has 0 N–H and O–H groups in total. The quantitative estimate of drug-likeness (QED) is 0.591. The number of halogens is 1. The van der Waals surface area contributed by atoms with Crippen molar-refractivity contribution >= 4 is 27.0 Å². The lowest BCUT2D eigenvalue weighted by molar-refractivity contribution is 0.0771. The molecule has 0 spiro atoms. The Labute approximate surface area is 138 Å². The van der Waals surface area contributed by atoms with Gasteiger partial charge in [-0.25, -0.2) is 12.8 Å². The number of hydrogen-bond donors (Lipinski definition) is 0. The second-order valence-electron chi connectivity index (χ2n) is 5.73. The molecule has 0 radical (unpaired) electrons. The number of benzene rings is 1. The van der Waals surface area contributed by atoms with Crippen LogP contribution in [0.5, 0.6) is 0 Å². The van der Waals surface area contributed by atoms with Crippen molar-refractivity contribution in [1.82, 2.24) is 4.90 Å². The fourth-order valence-electron chi connectivity index (χ4n) is 2.68. The molecule has 0 bridgehead atoms. The predicted molar refractivity (Wildman–Crippen MR) is 87.0 cm³/mol. The third-order valence-corrected chi connectivity index (χ3v) is 6.45. The first-order valence-corrected chi connectivity index (χ1v) is 9.79. The van der Waals surface area contributed by atoms with Crippen molar-refractivity contribution < 1.29 is 17.6 Å². The summed E-state index contributed by atoms with van der Waals surface area (Å²) in [5, 5.41) is 3.68. The smallest absolute Gasteiger partial charge is 0.178 e. The summed E-state index contributed by atoms with van der Waals surface area (Å²) in [6.45, 7) is 1.51. The van der Waals surface area contributed by atoms with Crippen LogP contribution in [0.2, 0.25) is 0 Å². The Morgan fingerprint density at radius 2 is 1.91 bits per heavy atom. The van der Waals surface area contributed by atoms with Crippen molar-refractivity contribution in [3.63, 3.8) is 0 Å². The summed E-state index contributed by atoms with van der Waals surface area (Å²) in [5.41, 5.74) is 0.706. The Kier molecular flexibility index (Phi) is 4.61. The molecule has 1 aromatic carbocycles. The Morgan fingerprint density at radius 1 is 1.22 bits per heavy atom. The third-order valence-electron chi connectivity index (χ3n) is 3.87. The van der Waals surface area contributed by atoms with Crippen molar-refractivity contribution in [2.24, 2.45) is 5.92 Å². The van der Waals surface area contributed by atoms with E-state index in [4.69, 9.17) is 0 Å². The van der Waals surface area contributed by atoms with Crippen molar-refractivity contribution in [1.29, 1.82) is 0 Å². The van der Waals surface area contributed by atoms with E-state index in [2.05, 4.69) is 0 Å². The van der Waals surface area contributed by atoms with Crippen LogP contribution in [0.1, 0.15) is 10.4 Å². The molecular weight excluding hydrogens is 337 g/mol. The number of ketones is 1. The van der Waals surface area contributed by atoms with Gasteiger partial charge in [0.15, 0.2) is 15.6 Å². The fourth-order valence-corrected chi connectivity index (χ4v) is 4.91. The topological polar surface area (TPSA) is 54.5 Å². The van der Waals surface area contributed by atoms with Gasteiger partial charge in [0.2, 0.25) is 0 Å². The SMILES string of the molecule is O=C(CN1CC(CS(=O)(=O)c2ccc(F)cc2)C1)c1ccsc1. The van der Waals surface area contributed by atoms with Gasteiger partial charge < -0.3 is 0 Å². The number of sulfone groups is 1. The van der Waals surface area contributed by atoms with Gasteiger partial charge in [-0.2, -0.15) is 11.3 Å². The molecular formula is C16H16FNO3S2. The summed E-state index contributed by atoms with van der Waals surface area (Å²) in [7, 11) is -3.41. The second kappa shape index (κ2) is 6.51. The molecule has 7 heteroatoms. The van der Waals surface area contributed by atoms with Crippen LogP contribution in [-0.4, -0.2) is 44.5 Å². The van der Waals surface area contributed by atoms with Gasteiger partial charge in [0.25, 0.3) is 0 Å². The van der Waals surface area contributed by atoms with Crippen molar-refractivity contribution in [3.8, 4) is 0 Å². The lowest BCUT2D eigenvalue weighted by atomic mass is 10.0. The van der Waals surface area contributed by atoms with E-state index in [0.717, 1.165) is 12.1 Å². The van der Waals surface area contributed by atoms with Gasteiger partial charge in [-0.15, -0.1) is 0 Å². The minimum absolute atomic E-state index is 0.0142. The van der Waals surface area contributed by atoms with Crippen LogP contribution in [0.15, 0.2) is 46.0 Å². The maximum Gasteiger partial charge on any atom is 0.178 e. The lowest BCUT2D eigenvalue weighted by Gasteiger charge is -2.38. The number of carbonyl (C=O) groups is 1. The normalized spacial score (nSPS) is 16.2. The Bertz CT molecular complexity index is 779. The molecule has 0 atom stereocenters. The fraction of sp³-hybridized carbons (Fsp3) is 0.312. The maximum atomic E-state index is 12.9. The number of nitrogens with zero attached hydrogens (tertiary/aromatic N) is 1. The van der Waals surface area contributed by atoms with E-state index in [0.29, 0.717) is 25.2 Å². The summed E-state index contributed by atoms with van der Waals surface area (Å²) < 4.78 is 37.4. The zero-order chi connectivity index (χ0) is 16.4. The molecule has 1 fully saturated rings. The first-order chi connectivity index (χ1) is 10.9. The molecule has 4 nitrogen and oxygen atoms in total. The Balaban J connectivity index is 1.52.